The van der Waals surface area contributed by atoms with Crippen molar-refractivity contribution in [1.82, 2.24) is 4.90 Å². The minimum atomic E-state index is -0.791. The van der Waals surface area contributed by atoms with Gasteiger partial charge in [0.2, 0.25) is 0 Å². The maximum Gasteiger partial charge on any atom is 0.343 e. The van der Waals surface area contributed by atoms with Gasteiger partial charge in [-0.2, -0.15) is 0 Å². The molecule has 10 nitrogen and oxygen atoms in total. The third kappa shape index (κ3) is 5.38. The highest BCUT2D eigenvalue weighted by Crippen LogP contribution is 2.32. The molecular weight excluding hydrogens is 440 g/mol. The number of nitro benzene ring substituents is 1. The molecule has 0 aliphatic carbocycles. The predicted molar refractivity (Wildman–Crippen MR) is 114 cm³/mol. The van der Waals surface area contributed by atoms with E-state index in [0.29, 0.717) is 17.3 Å². The predicted octanol–water partition coefficient (Wildman–Crippen LogP) is 3.41. The number of hydrogen-bond donors (Lipinski definition) is 0. The first kappa shape index (κ1) is 22.7. The summed E-state index contributed by atoms with van der Waals surface area (Å²) >= 11 is 0.677. The number of thioether (sulfide) groups is 1. The van der Waals surface area contributed by atoms with Gasteiger partial charge in [-0.1, -0.05) is 18.2 Å². The van der Waals surface area contributed by atoms with Gasteiger partial charge in [-0.25, -0.2) is 4.79 Å². The topological polar surface area (TPSA) is 133 Å². The van der Waals surface area contributed by atoms with Crippen molar-refractivity contribution in [3.05, 3.63) is 74.7 Å². The number of ether oxygens (including phenoxy) is 2. The summed E-state index contributed by atoms with van der Waals surface area (Å²) in [6, 6.07) is 11.3. The number of carbonyl (C=O) groups is 4. The Morgan fingerprint density at radius 2 is 1.91 bits per heavy atom. The van der Waals surface area contributed by atoms with Crippen LogP contribution in [0.4, 0.5) is 10.5 Å². The maximum atomic E-state index is 12.5. The molecule has 0 unspecified atom stereocenters. The minimum absolute atomic E-state index is 0.00434. The fourth-order valence-electron chi connectivity index (χ4n) is 2.70. The van der Waals surface area contributed by atoms with Crippen LogP contribution in [0.1, 0.15) is 22.8 Å². The van der Waals surface area contributed by atoms with Crippen LogP contribution in [0.5, 0.6) is 5.75 Å². The first-order chi connectivity index (χ1) is 15.3. The Morgan fingerprint density at radius 1 is 1.16 bits per heavy atom. The second-order valence-electron chi connectivity index (χ2n) is 6.34. The standard InChI is InChI=1S/C21H16N2O8S/c1-2-30-18(24)12-22-19(25)17(32-21(22)27)10-13-5-3-8-16(9-13)31-20(26)14-6-4-7-15(11-14)23(28)29/h3-11H,2,12H2,1H3/b17-10-. The Morgan fingerprint density at radius 3 is 2.62 bits per heavy atom. The summed E-state index contributed by atoms with van der Waals surface area (Å²) in [5.41, 5.74) is 0.229. The van der Waals surface area contributed by atoms with Gasteiger partial charge in [-0.05, 0) is 48.5 Å². The van der Waals surface area contributed by atoms with Crippen LogP contribution < -0.4 is 4.74 Å². The number of imide groups is 1. The molecule has 0 spiro atoms. The Balaban J connectivity index is 1.74. The number of benzene rings is 2. The molecule has 0 atom stereocenters. The maximum absolute atomic E-state index is 12.5. The molecule has 0 aromatic heterocycles. The van der Waals surface area contributed by atoms with E-state index < -0.39 is 34.6 Å². The fraction of sp³-hybridized carbons (Fsp3) is 0.143. The normalized spacial score (nSPS) is 14.5. The molecule has 2 aromatic carbocycles. The average molecular weight is 456 g/mol. The van der Waals surface area contributed by atoms with E-state index in [-0.39, 0.29) is 28.5 Å². The summed E-state index contributed by atoms with van der Waals surface area (Å²) in [7, 11) is 0. The number of esters is 2. The molecule has 0 saturated carbocycles. The molecule has 2 aromatic rings. The Hall–Kier alpha value is -3.99. The highest BCUT2D eigenvalue weighted by atomic mass is 32.2. The number of non-ortho nitro benzene ring substituents is 1. The van der Waals surface area contributed by atoms with Crippen LogP contribution in [0.3, 0.4) is 0 Å². The second kappa shape index (κ2) is 9.88. The molecule has 0 N–H and O–H groups in total. The van der Waals surface area contributed by atoms with E-state index in [9.17, 15) is 29.3 Å². The molecule has 32 heavy (non-hydrogen) atoms. The van der Waals surface area contributed by atoms with Crippen molar-refractivity contribution in [2.45, 2.75) is 6.92 Å². The van der Waals surface area contributed by atoms with Crippen LogP contribution in [0.15, 0.2) is 53.4 Å². The molecule has 164 valence electrons. The second-order valence-corrected chi connectivity index (χ2v) is 7.34. The number of nitro groups is 1. The third-order valence-corrected chi connectivity index (χ3v) is 5.03. The average Bonchev–Trinajstić information content (AvgIpc) is 3.01. The molecular formula is C21H16N2O8S. The quantitative estimate of drug-likeness (QED) is 0.202. The Labute approximate surface area is 185 Å². The van der Waals surface area contributed by atoms with Gasteiger partial charge in [0.1, 0.15) is 12.3 Å². The molecule has 1 heterocycles. The number of hydrogen-bond acceptors (Lipinski definition) is 9. The van der Waals surface area contributed by atoms with Crippen molar-refractivity contribution in [2.24, 2.45) is 0 Å². The van der Waals surface area contributed by atoms with E-state index in [4.69, 9.17) is 9.47 Å². The Bertz CT molecular complexity index is 1140. The van der Waals surface area contributed by atoms with E-state index in [0.717, 1.165) is 11.0 Å². The molecule has 1 fully saturated rings. The van der Waals surface area contributed by atoms with Crippen LogP contribution in [0.2, 0.25) is 0 Å². The lowest BCUT2D eigenvalue weighted by Gasteiger charge is -2.10. The summed E-state index contributed by atoms with van der Waals surface area (Å²) < 4.78 is 10.0. The lowest BCUT2D eigenvalue weighted by atomic mass is 10.2. The van der Waals surface area contributed by atoms with E-state index in [2.05, 4.69) is 0 Å². The van der Waals surface area contributed by atoms with E-state index in [1.165, 1.54) is 36.4 Å². The molecule has 1 aliphatic rings. The smallest absolute Gasteiger partial charge is 0.343 e. The summed E-state index contributed by atoms with van der Waals surface area (Å²) in [6.45, 7) is 1.27. The molecule has 3 rings (SSSR count). The van der Waals surface area contributed by atoms with Gasteiger partial charge in [0.05, 0.1) is 22.0 Å². The summed E-state index contributed by atoms with van der Waals surface area (Å²) in [4.78, 5) is 59.6. The molecule has 0 bridgehead atoms. The number of carbonyl (C=O) groups excluding carboxylic acids is 4. The number of rotatable bonds is 7. The Kier molecular flexibility index (Phi) is 7.00. The number of nitrogens with zero attached hydrogens (tertiary/aromatic N) is 2. The van der Waals surface area contributed by atoms with Gasteiger partial charge in [0, 0.05) is 12.1 Å². The van der Waals surface area contributed by atoms with Crippen LogP contribution in [0.25, 0.3) is 6.08 Å². The third-order valence-electron chi connectivity index (χ3n) is 4.13. The zero-order valence-electron chi connectivity index (χ0n) is 16.7. The van der Waals surface area contributed by atoms with Gasteiger partial charge in [0.15, 0.2) is 0 Å². The van der Waals surface area contributed by atoms with Gasteiger partial charge in [0.25, 0.3) is 16.8 Å². The summed E-state index contributed by atoms with van der Waals surface area (Å²) in [6.07, 6.45) is 1.43. The van der Waals surface area contributed by atoms with Crippen molar-refractivity contribution >= 4 is 46.6 Å². The van der Waals surface area contributed by atoms with E-state index in [1.54, 1.807) is 19.1 Å². The first-order valence-electron chi connectivity index (χ1n) is 9.26. The molecule has 11 heteroatoms. The van der Waals surface area contributed by atoms with Crippen LogP contribution in [0, 0.1) is 10.1 Å². The highest BCUT2D eigenvalue weighted by Gasteiger charge is 2.36. The van der Waals surface area contributed by atoms with Gasteiger partial charge < -0.3 is 9.47 Å². The first-order valence-corrected chi connectivity index (χ1v) is 10.1. The molecule has 0 radical (unpaired) electrons. The SMILES string of the molecule is CCOC(=O)CN1C(=O)S/C(=C\c2cccc(OC(=O)c3cccc([N+](=O)[O-])c3)c2)C1=O. The van der Waals surface area contributed by atoms with Gasteiger partial charge in [-0.3, -0.25) is 29.4 Å². The molecule has 2 amide bonds. The molecule has 1 saturated heterocycles. The highest BCUT2D eigenvalue weighted by molar-refractivity contribution is 8.18. The van der Waals surface area contributed by atoms with Crippen molar-refractivity contribution in [3.8, 4) is 5.75 Å². The van der Waals surface area contributed by atoms with E-state index in [1.807, 2.05) is 0 Å². The van der Waals surface area contributed by atoms with Crippen LogP contribution in [-0.2, 0) is 14.3 Å². The van der Waals surface area contributed by atoms with Crippen molar-refractivity contribution in [3.63, 3.8) is 0 Å². The largest absolute Gasteiger partial charge is 0.465 e. The lowest BCUT2D eigenvalue weighted by Crippen LogP contribution is -2.34. The van der Waals surface area contributed by atoms with Crippen LogP contribution >= 0.6 is 11.8 Å². The summed E-state index contributed by atoms with van der Waals surface area (Å²) in [5, 5.41) is 10.3. The monoisotopic (exact) mass is 456 g/mol. The minimum Gasteiger partial charge on any atom is -0.465 e. The van der Waals surface area contributed by atoms with Crippen molar-refractivity contribution < 1.29 is 33.6 Å². The van der Waals surface area contributed by atoms with Gasteiger partial charge >= 0.3 is 11.9 Å². The zero-order valence-corrected chi connectivity index (χ0v) is 17.5. The van der Waals surface area contributed by atoms with Gasteiger partial charge in [-0.15, -0.1) is 0 Å². The molecule has 1 aliphatic heterocycles. The van der Waals surface area contributed by atoms with Crippen molar-refractivity contribution in [1.29, 1.82) is 0 Å². The number of amides is 2. The fourth-order valence-corrected chi connectivity index (χ4v) is 3.54. The summed E-state index contributed by atoms with van der Waals surface area (Å²) in [5.74, 6) is -1.97. The lowest BCUT2D eigenvalue weighted by molar-refractivity contribution is -0.384. The van der Waals surface area contributed by atoms with E-state index >= 15 is 0 Å². The van der Waals surface area contributed by atoms with Crippen molar-refractivity contribution in [2.75, 3.05) is 13.2 Å². The van der Waals surface area contributed by atoms with Crippen LogP contribution in [-0.4, -0.2) is 46.1 Å². The zero-order chi connectivity index (χ0) is 23.3.